The van der Waals surface area contributed by atoms with Crippen LogP contribution in [0.1, 0.15) is 44.2 Å². The van der Waals surface area contributed by atoms with Crippen molar-refractivity contribution in [2.75, 3.05) is 0 Å². The predicted molar refractivity (Wildman–Crippen MR) is 117 cm³/mol. The van der Waals surface area contributed by atoms with Gasteiger partial charge in [0.25, 0.3) is 0 Å². The molecule has 30 heavy (non-hydrogen) atoms. The van der Waals surface area contributed by atoms with Crippen molar-refractivity contribution in [3.8, 4) is 0 Å². The number of halogens is 4. The van der Waals surface area contributed by atoms with Gasteiger partial charge in [-0.05, 0) is 51.5 Å². The van der Waals surface area contributed by atoms with Crippen molar-refractivity contribution < 1.29 is 18.7 Å². The number of benzene rings is 2. The highest BCUT2D eigenvalue weighted by Crippen LogP contribution is 2.49. The highest BCUT2D eigenvalue weighted by atomic mass is 79.9. The van der Waals surface area contributed by atoms with Gasteiger partial charge in [-0.3, -0.25) is 10.1 Å². The molecule has 1 fully saturated rings. The highest BCUT2D eigenvalue weighted by molar-refractivity contribution is 9.10. The van der Waals surface area contributed by atoms with E-state index in [2.05, 4.69) is 21.2 Å². The van der Waals surface area contributed by atoms with Gasteiger partial charge >= 0.3 is 5.97 Å². The molecule has 0 bridgehead atoms. The Morgan fingerprint density at radius 2 is 1.97 bits per heavy atom. The minimum Gasteiger partial charge on any atom is -0.480 e. The van der Waals surface area contributed by atoms with Gasteiger partial charge in [-0.2, -0.15) is 0 Å². The molecule has 0 unspecified atom stereocenters. The molecule has 1 saturated heterocycles. The smallest absolute Gasteiger partial charge is 0.321 e. The lowest BCUT2D eigenvalue weighted by atomic mass is 9.68. The molecular formula is C22H24BrClF2N2O2. The molecule has 4 atom stereocenters. The number of hydrogen-bond acceptors (Lipinski definition) is 3. The summed E-state index contributed by atoms with van der Waals surface area (Å²) in [6.07, 6.45) is 0.446. The Balaban J connectivity index is 2.30. The number of hydrogen-bond donors (Lipinski definition) is 3. The van der Waals surface area contributed by atoms with Crippen LogP contribution in [-0.2, 0) is 10.3 Å². The average Bonchev–Trinajstić information content (AvgIpc) is 2.89. The monoisotopic (exact) mass is 500 g/mol. The van der Waals surface area contributed by atoms with Crippen LogP contribution in [0.15, 0.2) is 40.9 Å². The molecule has 1 aliphatic heterocycles. The van der Waals surface area contributed by atoms with Crippen LogP contribution in [-0.4, -0.2) is 23.2 Å². The highest BCUT2D eigenvalue weighted by Gasteiger charge is 2.58. The number of aliphatic carboxylic acids is 1. The van der Waals surface area contributed by atoms with Gasteiger partial charge in [-0.25, -0.2) is 8.78 Å². The number of carboxylic acids is 1. The lowest BCUT2D eigenvalue weighted by molar-refractivity contribution is -0.139. The molecule has 1 heterocycles. The van der Waals surface area contributed by atoms with Gasteiger partial charge < -0.3 is 10.8 Å². The van der Waals surface area contributed by atoms with Gasteiger partial charge in [0.2, 0.25) is 0 Å². The van der Waals surface area contributed by atoms with Crippen molar-refractivity contribution in [3.05, 3.63) is 68.7 Å². The second-order valence-electron chi connectivity index (χ2n) is 8.98. The van der Waals surface area contributed by atoms with E-state index in [9.17, 15) is 9.90 Å². The summed E-state index contributed by atoms with van der Waals surface area (Å²) in [5.41, 5.74) is 5.34. The third kappa shape index (κ3) is 4.13. The van der Waals surface area contributed by atoms with Crippen LogP contribution in [0.3, 0.4) is 0 Å². The van der Waals surface area contributed by atoms with Gasteiger partial charge in [0.05, 0.1) is 10.0 Å². The van der Waals surface area contributed by atoms with Crippen molar-refractivity contribution in [2.24, 2.45) is 11.1 Å². The van der Waals surface area contributed by atoms with E-state index in [4.69, 9.17) is 17.3 Å². The molecule has 2 aromatic rings. The van der Waals surface area contributed by atoms with E-state index in [0.29, 0.717) is 6.42 Å². The summed E-state index contributed by atoms with van der Waals surface area (Å²) in [4.78, 5) is 12.2. The fourth-order valence-corrected chi connectivity index (χ4v) is 4.93. The Morgan fingerprint density at radius 1 is 1.30 bits per heavy atom. The van der Waals surface area contributed by atoms with E-state index >= 15 is 8.78 Å². The molecule has 162 valence electrons. The summed E-state index contributed by atoms with van der Waals surface area (Å²) in [6.45, 7) is 5.95. The van der Waals surface area contributed by atoms with Crippen molar-refractivity contribution in [1.82, 2.24) is 5.32 Å². The molecule has 0 aromatic heterocycles. The maximum absolute atomic E-state index is 15.1. The molecule has 4 nitrogen and oxygen atoms in total. The standard InChI is InChI=1S/C22H24BrClF2N2O2/c1-21(2,3)10-16-22(27,13-8-7-11(24)9-15(13)25)17(19(28-16)20(29)30)12-5-4-6-14(23)18(12)26/h4-9,16-17,19,28H,10,27H2,1-3H3,(H,29,30)/t16-,17-,19+,22+/m0/s1. The van der Waals surface area contributed by atoms with E-state index in [0.717, 1.165) is 6.07 Å². The third-order valence-electron chi connectivity index (χ3n) is 5.60. The fourth-order valence-electron chi connectivity index (χ4n) is 4.39. The molecule has 2 aromatic carbocycles. The second-order valence-corrected chi connectivity index (χ2v) is 10.3. The van der Waals surface area contributed by atoms with Crippen LogP contribution in [0.5, 0.6) is 0 Å². The lowest BCUT2D eigenvalue weighted by Crippen LogP contribution is -2.52. The van der Waals surface area contributed by atoms with E-state index in [1.54, 1.807) is 6.07 Å². The van der Waals surface area contributed by atoms with Crippen LogP contribution in [0, 0.1) is 17.0 Å². The van der Waals surface area contributed by atoms with Crippen LogP contribution in [0.2, 0.25) is 5.02 Å². The Morgan fingerprint density at radius 3 is 2.53 bits per heavy atom. The zero-order valence-electron chi connectivity index (χ0n) is 16.8. The van der Waals surface area contributed by atoms with Crippen LogP contribution in [0.4, 0.5) is 8.78 Å². The molecule has 3 rings (SSSR count). The van der Waals surface area contributed by atoms with Gasteiger partial charge in [0.15, 0.2) is 0 Å². The van der Waals surface area contributed by atoms with Crippen molar-refractivity contribution >= 4 is 33.5 Å². The molecule has 0 saturated carbocycles. The van der Waals surface area contributed by atoms with Crippen molar-refractivity contribution in [2.45, 2.75) is 50.7 Å². The van der Waals surface area contributed by atoms with Crippen LogP contribution < -0.4 is 11.1 Å². The summed E-state index contributed by atoms with van der Waals surface area (Å²) in [5.74, 6) is -3.51. The predicted octanol–water partition coefficient (Wildman–Crippen LogP) is 5.18. The average molecular weight is 502 g/mol. The third-order valence-corrected chi connectivity index (χ3v) is 6.45. The zero-order chi connectivity index (χ0) is 22.4. The summed E-state index contributed by atoms with van der Waals surface area (Å²) < 4.78 is 30.4. The summed E-state index contributed by atoms with van der Waals surface area (Å²) in [7, 11) is 0. The summed E-state index contributed by atoms with van der Waals surface area (Å²) >= 11 is 9.09. The Labute approximate surface area is 187 Å². The van der Waals surface area contributed by atoms with E-state index in [-0.39, 0.29) is 26.0 Å². The first-order valence-corrected chi connectivity index (χ1v) is 10.7. The maximum atomic E-state index is 15.1. The second kappa shape index (κ2) is 8.19. The molecule has 0 spiro atoms. The van der Waals surface area contributed by atoms with Gasteiger partial charge in [-0.15, -0.1) is 0 Å². The van der Waals surface area contributed by atoms with E-state index in [1.165, 1.54) is 24.3 Å². The number of carbonyl (C=O) groups is 1. The normalized spacial score (nSPS) is 26.7. The minimum absolute atomic E-state index is 0.0989. The van der Waals surface area contributed by atoms with E-state index < -0.39 is 41.1 Å². The Kier molecular flexibility index (Phi) is 6.31. The van der Waals surface area contributed by atoms with Gasteiger partial charge in [-0.1, -0.05) is 50.6 Å². The summed E-state index contributed by atoms with van der Waals surface area (Å²) in [5, 5.41) is 13.2. The van der Waals surface area contributed by atoms with Gasteiger partial charge in [0, 0.05) is 22.5 Å². The number of nitrogens with one attached hydrogen (secondary N) is 1. The number of nitrogens with two attached hydrogens (primary N) is 1. The minimum atomic E-state index is -1.54. The molecule has 8 heteroatoms. The number of carboxylic acid groups (broad SMARTS) is 1. The quantitative estimate of drug-likeness (QED) is 0.540. The first-order valence-electron chi connectivity index (χ1n) is 9.53. The zero-order valence-corrected chi connectivity index (χ0v) is 19.2. The SMILES string of the molecule is CC(C)(C)C[C@@H]1N[C@@H](C(=O)O)[C@H](c2cccc(Br)c2F)[C@@]1(N)c1ccc(Cl)cc1F. The Hall–Kier alpha value is -1.54. The van der Waals surface area contributed by atoms with E-state index in [1.807, 2.05) is 20.8 Å². The lowest BCUT2D eigenvalue weighted by Gasteiger charge is -2.39. The largest absolute Gasteiger partial charge is 0.480 e. The molecule has 0 radical (unpaired) electrons. The molecule has 1 aliphatic rings. The Bertz CT molecular complexity index is 982. The topological polar surface area (TPSA) is 75.3 Å². The fraction of sp³-hybridized carbons (Fsp3) is 0.409. The molecule has 0 aliphatic carbocycles. The summed E-state index contributed by atoms with van der Waals surface area (Å²) in [6, 6.07) is 6.90. The molecule has 4 N–H and O–H groups in total. The van der Waals surface area contributed by atoms with Crippen molar-refractivity contribution in [3.63, 3.8) is 0 Å². The number of rotatable bonds is 4. The van der Waals surface area contributed by atoms with Gasteiger partial charge in [0.1, 0.15) is 17.7 Å². The first-order chi connectivity index (χ1) is 13.9. The van der Waals surface area contributed by atoms with Crippen molar-refractivity contribution in [1.29, 1.82) is 0 Å². The molecule has 0 amide bonds. The first kappa shape index (κ1) is 23.1. The molecular weight excluding hydrogens is 478 g/mol. The maximum Gasteiger partial charge on any atom is 0.321 e. The van der Waals surface area contributed by atoms with Crippen LogP contribution >= 0.6 is 27.5 Å². The van der Waals surface area contributed by atoms with Crippen LogP contribution in [0.25, 0.3) is 0 Å².